The first-order chi connectivity index (χ1) is 11.7. The molecule has 134 valence electrons. The molecule has 25 heavy (non-hydrogen) atoms. The Kier molecular flexibility index (Phi) is 7.32. The van der Waals surface area contributed by atoms with E-state index < -0.39 is 5.79 Å². The molecule has 1 rings (SSSR count). The normalized spacial score (nSPS) is 13.3. The Morgan fingerprint density at radius 3 is 2.32 bits per heavy atom. The highest BCUT2D eigenvalue weighted by molar-refractivity contribution is 5.58. The summed E-state index contributed by atoms with van der Waals surface area (Å²) in [5, 5.41) is 0. The summed E-state index contributed by atoms with van der Waals surface area (Å²) in [6.07, 6.45) is 10.4. The van der Waals surface area contributed by atoms with Gasteiger partial charge in [-0.25, -0.2) is 4.39 Å². The number of benzene rings is 1. The third kappa shape index (κ3) is 4.90. The van der Waals surface area contributed by atoms with Crippen LogP contribution < -0.4 is 0 Å². The van der Waals surface area contributed by atoms with E-state index >= 15 is 0 Å². The van der Waals surface area contributed by atoms with Gasteiger partial charge in [0.05, 0.1) is 0 Å². The molecule has 0 unspecified atom stereocenters. The average molecular weight is 339 g/mol. The average Bonchev–Trinajstić information content (AvgIpc) is 2.63. The second-order valence-electron chi connectivity index (χ2n) is 6.71. The Balaban J connectivity index is 3.13. The number of likely N-dealkylation sites (N-methyl/N-ethyl adjacent to an activating group) is 1. The molecule has 0 heterocycles. The molecular formula is C23H30FN. The lowest BCUT2D eigenvalue weighted by molar-refractivity contribution is 0.0894. The van der Waals surface area contributed by atoms with Gasteiger partial charge in [0.1, 0.15) is 0 Å². The predicted molar refractivity (Wildman–Crippen MR) is 109 cm³/mol. The van der Waals surface area contributed by atoms with E-state index in [0.717, 1.165) is 5.56 Å². The molecule has 0 bridgehead atoms. The van der Waals surface area contributed by atoms with Crippen LogP contribution in [0.5, 0.6) is 0 Å². The number of hydrogen-bond donors (Lipinski definition) is 0. The maximum atomic E-state index is 14.6. The van der Waals surface area contributed by atoms with Gasteiger partial charge in [-0.15, -0.1) is 0 Å². The third-order valence-corrected chi connectivity index (χ3v) is 4.86. The SMILES string of the molecule is C=C/C=C/c1ccccc1C(C)(C)/C(C)=C/CN(C)C(F)(C=C)C=C. The number of halogens is 1. The van der Waals surface area contributed by atoms with E-state index in [0.29, 0.717) is 6.54 Å². The van der Waals surface area contributed by atoms with E-state index in [1.54, 1.807) is 18.0 Å². The van der Waals surface area contributed by atoms with Crippen LogP contribution in [0.3, 0.4) is 0 Å². The molecule has 0 aromatic heterocycles. The lowest BCUT2D eigenvalue weighted by Crippen LogP contribution is -2.39. The Morgan fingerprint density at radius 1 is 1.16 bits per heavy atom. The van der Waals surface area contributed by atoms with Gasteiger partial charge in [0.2, 0.25) is 5.79 Å². The molecule has 1 nitrogen and oxygen atoms in total. The smallest absolute Gasteiger partial charge is 0.201 e. The van der Waals surface area contributed by atoms with Gasteiger partial charge in [0.15, 0.2) is 0 Å². The summed E-state index contributed by atoms with van der Waals surface area (Å²) >= 11 is 0. The maximum Gasteiger partial charge on any atom is 0.201 e. The highest BCUT2D eigenvalue weighted by Crippen LogP contribution is 2.34. The summed E-state index contributed by atoms with van der Waals surface area (Å²) in [5.41, 5.74) is 3.38. The summed E-state index contributed by atoms with van der Waals surface area (Å²) in [4.78, 5) is 1.58. The zero-order valence-corrected chi connectivity index (χ0v) is 15.9. The molecule has 1 aromatic rings. The standard InChI is InChI=1S/C23H30FN/c1-8-11-14-20-15-12-13-16-21(20)22(5,6)19(4)17-18-25(7)23(24,9-2)10-3/h8-17H,1-3,18H2,4-7H3/b14-11+,19-17+. The van der Waals surface area contributed by atoms with Crippen molar-refractivity contribution in [3.8, 4) is 0 Å². The molecular weight excluding hydrogens is 309 g/mol. The highest BCUT2D eigenvalue weighted by atomic mass is 19.1. The number of alkyl halides is 1. The summed E-state index contributed by atoms with van der Waals surface area (Å²) in [6.45, 7) is 17.8. The molecule has 0 amide bonds. The summed E-state index contributed by atoms with van der Waals surface area (Å²) in [6, 6.07) is 8.31. The molecule has 0 fully saturated rings. The van der Waals surface area contributed by atoms with Crippen molar-refractivity contribution in [2.75, 3.05) is 13.6 Å². The van der Waals surface area contributed by atoms with E-state index in [9.17, 15) is 4.39 Å². The van der Waals surface area contributed by atoms with Crippen LogP contribution in [-0.4, -0.2) is 24.3 Å². The maximum absolute atomic E-state index is 14.6. The monoisotopic (exact) mass is 339 g/mol. The van der Waals surface area contributed by atoms with E-state index in [-0.39, 0.29) is 5.41 Å². The van der Waals surface area contributed by atoms with Crippen molar-refractivity contribution < 1.29 is 4.39 Å². The molecule has 1 aromatic carbocycles. The molecule has 0 spiro atoms. The summed E-state index contributed by atoms with van der Waals surface area (Å²) in [7, 11) is 1.72. The molecule has 0 aliphatic heterocycles. The molecule has 2 heteroatoms. The lowest BCUT2D eigenvalue weighted by atomic mass is 9.76. The summed E-state index contributed by atoms with van der Waals surface area (Å²) < 4.78 is 14.6. The minimum atomic E-state index is -1.70. The van der Waals surface area contributed by atoms with Gasteiger partial charge >= 0.3 is 0 Å². The summed E-state index contributed by atoms with van der Waals surface area (Å²) in [5.74, 6) is -1.70. The van der Waals surface area contributed by atoms with Crippen LogP contribution in [0, 0.1) is 0 Å². The second-order valence-corrected chi connectivity index (χ2v) is 6.71. The van der Waals surface area contributed by atoms with Gasteiger partial charge in [-0.1, -0.05) is 87.7 Å². The van der Waals surface area contributed by atoms with E-state index in [1.165, 1.54) is 23.3 Å². The second kappa shape index (κ2) is 8.77. The molecule has 0 N–H and O–H groups in total. The lowest BCUT2D eigenvalue weighted by Gasteiger charge is -2.31. The number of allylic oxidation sites excluding steroid dienone is 3. The van der Waals surface area contributed by atoms with Gasteiger partial charge in [-0.05, 0) is 37.3 Å². The first-order valence-electron chi connectivity index (χ1n) is 8.46. The van der Waals surface area contributed by atoms with Crippen LogP contribution in [-0.2, 0) is 5.41 Å². The Hall–Kier alpha value is -2.19. The topological polar surface area (TPSA) is 3.24 Å². The molecule has 0 saturated carbocycles. The Bertz CT molecular complexity index is 671. The minimum absolute atomic E-state index is 0.176. The fraction of sp³-hybridized carbons (Fsp3) is 0.304. The van der Waals surface area contributed by atoms with Gasteiger partial charge in [0.25, 0.3) is 0 Å². The largest absolute Gasteiger partial charge is 0.264 e. The Labute approximate surface area is 152 Å². The van der Waals surface area contributed by atoms with Crippen molar-refractivity contribution >= 4 is 6.08 Å². The van der Waals surface area contributed by atoms with Crippen LogP contribution in [0.4, 0.5) is 4.39 Å². The van der Waals surface area contributed by atoms with Crippen LogP contribution >= 0.6 is 0 Å². The minimum Gasteiger partial charge on any atom is -0.264 e. The van der Waals surface area contributed by atoms with Crippen LogP contribution in [0.2, 0.25) is 0 Å². The first kappa shape index (κ1) is 20.9. The third-order valence-electron chi connectivity index (χ3n) is 4.86. The van der Waals surface area contributed by atoms with E-state index in [2.05, 4.69) is 64.8 Å². The molecule has 0 radical (unpaired) electrons. The van der Waals surface area contributed by atoms with Crippen molar-refractivity contribution in [3.63, 3.8) is 0 Å². The van der Waals surface area contributed by atoms with Gasteiger partial charge in [-0.2, -0.15) is 0 Å². The molecule has 0 atom stereocenters. The van der Waals surface area contributed by atoms with Gasteiger partial charge in [0, 0.05) is 12.0 Å². The predicted octanol–water partition coefficient (Wildman–Crippen LogP) is 6.08. The highest BCUT2D eigenvalue weighted by Gasteiger charge is 2.28. The van der Waals surface area contributed by atoms with Crippen LogP contribution in [0.25, 0.3) is 6.08 Å². The van der Waals surface area contributed by atoms with E-state index in [4.69, 9.17) is 0 Å². The van der Waals surface area contributed by atoms with Crippen molar-refractivity contribution in [2.45, 2.75) is 32.0 Å². The van der Waals surface area contributed by atoms with Crippen LogP contribution in [0.1, 0.15) is 31.9 Å². The number of nitrogens with zero attached hydrogens (tertiary/aromatic N) is 1. The number of rotatable bonds is 9. The first-order valence-corrected chi connectivity index (χ1v) is 8.46. The van der Waals surface area contributed by atoms with Crippen molar-refractivity contribution in [1.29, 1.82) is 0 Å². The zero-order chi connectivity index (χ0) is 19.1. The molecule has 0 aliphatic rings. The van der Waals surface area contributed by atoms with Crippen LogP contribution in [0.15, 0.2) is 80.0 Å². The van der Waals surface area contributed by atoms with E-state index in [1.807, 2.05) is 18.2 Å². The van der Waals surface area contributed by atoms with Gasteiger partial charge in [-0.3, -0.25) is 4.90 Å². The quantitative estimate of drug-likeness (QED) is 0.299. The fourth-order valence-corrected chi connectivity index (χ4v) is 2.66. The zero-order valence-electron chi connectivity index (χ0n) is 15.9. The molecule has 0 saturated heterocycles. The number of hydrogen-bond acceptors (Lipinski definition) is 1. The van der Waals surface area contributed by atoms with Crippen molar-refractivity contribution in [1.82, 2.24) is 4.90 Å². The molecule has 0 aliphatic carbocycles. The fourth-order valence-electron chi connectivity index (χ4n) is 2.66. The Morgan fingerprint density at radius 2 is 1.76 bits per heavy atom. The van der Waals surface area contributed by atoms with Gasteiger partial charge < -0.3 is 0 Å². The van der Waals surface area contributed by atoms with Crippen molar-refractivity contribution in [3.05, 3.63) is 91.1 Å². The van der Waals surface area contributed by atoms with Crippen molar-refractivity contribution in [2.24, 2.45) is 0 Å².